The number of hydrogen-bond acceptors (Lipinski definition) is 4. The fraction of sp³-hybridized carbons (Fsp3) is 0.652. The summed E-state index contributed by atoms with van der Waals surface area (Å²) in [5, 5.41) is 6.25. The van der Waals surface area contributed by atoms with Crippen molar-refractivity contribution < 1.29 is 14.3 Å². The van der Waals surface area contributed by atoms with Crippen molar-refractivity contribution in [2.75, 3.05) is 27.2 Å². The highest BCUT2D eigenvalue weighted by Crippen LogP contribution is 2.35. The third kappa shape index (κ3) is 7.43. The average Bonchev–Trinajstić information content (AvgIpc) is 3.17. The van der Waals surface area contributed by atoms with Crippen LogP contribution in [0.2, 0.25) is 0 Å². The van der Waals surface area contributed by atoms with E-state index in [1.54, 1.807) is 7.11 Å². The molecule has 7 nitrogen and oxygen atoms in total. The van der Waals surface area contributed by atoms with Gasteiger partial charge >= 0.3 is 0 Å². The molecular formula is C23H38N4O3. The Balaban J connectivity index is 2.15. The van der Waals surface area contributed by atoms with Gasteiger partial charge in [-0.2, -0.15) is 0 Å². The maximum Gasteiger partial charge on any atom is 0.240 e. The number of likely N-dealkylation sites (N-methyl/N-ethyl adjacent to an activating group) is 1. The number of guanidine groups is 1. The summed E-state index contributed by atoms with van der Waals surface area (Å²) in [6.45, 7) is 9.31. The van der Waals surface area contributed by atoms with Crippen molar-refractivity contribution in [3.05, 3.63) is 23.8 Å². The molecule has 0 atom stereocenters. The summed E-state index contributed by atoms with van der Waals surface area (Å²) in [5.74, 6) is 2.15. The molecule has 1 fully saturated rings. The van der Waals surface area contributed by atoms with E-state index in [9.17, 15) is 4.79 Å². The van der Waals surface area contributed by atoms with Crippen LogP contribution in [0.3, 0.4) is 0 Å². The van der Waals surface area contributed by atoms with Gasteiger partial charge in [0.15, 0.2) is 17.5 Å². The summed E-state index contributed by atoms with van der Waals surface area (Å²) >= 11 is 0. The average molecular weight is 419 g/mol. The molecule has 0 radical (unpaired) electrons. The van der Waals surface area contributed by atoms with Crippen LogP contribution in [0.25, 0.3) is 0 Å². The summed E-state index contributed by atoms with van der Waals surface area (Å²) in [4.78, 5) is 18.9. The van der Waals surface area contributed by atoms with Crippen LogP contribution >= 0.6 is 0 Å². The molecule has 2 rings (SSSR count). The van der Waals surface area contributed by atoms with Crippen molar-refractivity contribution in [2.45, 2.75) is 71.6 Å². The van der Waals surface area contributed by atoms with Crippen LogP contribution in [0.1, 0.15) is 58.9 Å². The lowest BCUT2D eigenvalue weighted by atomic mass is 10.1. The minimum absolute atomic E-state index is 0.0396. The van der Waals surface area contributed by atoms with Gasteiger partial charge in [0.2, 0.25) is 5.91 Å². The lowest BCUT2D eigenvalue weighted by Crippen LogP contribution is -2.48. The number of hydrogen-bond donors (Lipinski definition) is 2. The second kappa shape index (κ2) is 11.1. The largest absolute Gasteiger partial charge is 0.493 e. The van der Waals surface area contributed by atoms with E-state index in [-0.39, 0.29) is 24.1 Å². The molecule has 2 N–H and O–H groups in total. The molecule has 168 valence electrons. The van der Waals surface area contributed by atoms with Gasteiger partial charge in [0.05, 0.1) is 26.3 Å². The smallest absolute Gasteiger partial charge is 0.240 e. The molecule has 1 aliphatic rings. The molecule has 0 bridgehead atoms. The number of nitrogens with one attached hydrogen (secondary N) is 2. The second-order valence-electron chi connectivity index (χ2n) is 8.80. The molecule has 0 saturated heterocycles. The first-order valence-corrected chi connectivity index (χ1v) is 10.9. The quantitative estimate of drug-likeness (QED) is 0.500. The highest BCUT2D eigenvalue weighted by atomic mass is 16.5. The highest BCUT2D eigenvalue weighted by Gasteiger charge is 2.21. The number of carbonyl (C=O) groups is 1. The summed E-state index contributed by atoms with van der Waals surface area (Å²) in [7, 11) is 3.53. The van der Waals surface area contributed by atoms with E-state index in [0.717, 1.165) is 29.9 Å². The summed E-state index contributed by atoms with van der Waals surface area (Å²) in [6.07, 6.45) is 4.81. The van der Waals surface area contributed by atoms with Crippen LogP contribution < -0.4 is 20.1 Å². The highest BCUT2D eigenvalue weighted by molar-refractivity contribution is 5.86. The van der Waals surface area contributed by atoms with E-state index in [0.29, 0.717) is 19.0 Å². The number of methoxy groups -OCH3 is 1. The minimum atomic E-state index is -0.263. The van der Waals surface area contributed by atoms with Gasteiger partial charge in [-0.15, -0.1) is 0 Å². The van der Waals surface area contributed by atoms with Crippen LogP contribution in [0.4, 0.5) is 0 Å². The van der Waals surface area contributed by atoms with Crippen molar-refractivity contribution in [1.82, 2.24) is 15.5 Å². The van der Waals surface area contributed by atoms with Crippen LogP contribution in [0, 0.1) is 0 Å². The van der Waals surface area contributed by atoms with E-state index < -0.39 is 0 Å². The predicted octanol–water partition coefficient (Wildman–Crippen LogP) is 3.33. The molecule has 1 amide bonds. The molecule has 1 aromatic rings. The van der Waals surface area contributed by atoms with Gasteiger partial charge in [-0.1, -0.05) is 12.1 Å². The fourth-order valence-corrected chi connectivity index (χ4v) is 3.53. The maximum absolute atomic E-state index is 12.3. The molecule has 0 aromatic heterocycles. The molecule has 1 aromatic carbocycles. The van der Waals surface area contributed by atoms with Gasteiger partial charge in [-0.25, -0.2) is 4.99 Å². The van der Waals surface area contributed by atoms with Crippen molar-refractivity contribution in [2.24, 2.45) is 4.99 Å². The van der Waals surface area contributed by atoms with E-state index in [1.807, 2.05) is 57.8 Å². The molecule has 1 saturated carbocycles. The van der Waals surface area contributed by atoms with Crippen LogP contribution in [0.5, 0.6) is 11.5 Å². The Bertz CT molecular complexity index is 722. The Kier molecular flexibility index (Phi) is 8.81. The Labute approximate surface area is 181 Å². The summed E-state index contributed by atoms with van der Waals surface area (Å²) in [5.41, 5.74) is 0.713. The fourth-order valence-electron chi connectivity index (χ4n) is 3.53. The number of rotatable bonds is 8. The lowest BCUT2D eigenvalue weighted by Gasteiger charge is -2.25. The summed E-state index contributed by atoms with van der Waals surface area (Å²) in [6, 6.07) is 5.90. The van der Waals surface area contributed by atoms with E-state index in [4.69, 9.17) is 14.5 Å². The molecule has 0 aliphatic heterocycles. The van der Waals surface area contributed by atoms with Crippen molar-refractivity contribution in [3.8, 4) is 11.5 Å². The van der Waals surface area contributed by atoms with Gasteiger partial charge in [0, 0.05) is 24.7 Å². The normalized spacial score (nSPS) is 15.1. The number of ether oxygens (including phenoxy) is 2. The lowest BCUT2D eigenvalue weighted by molar-refractivity contribution is -0.122. The zero-order chi connectivity index (χ0) is 22.1. The molecule has 0 spiro atoms. The molecule has 7 heteroatoms. The first-order chi connectivity index (χ1) is 14.2. The Morgan fingerprint density at radius 1 is 1.27 bits per heavy atom. The number of carbonyl (C=O) groups excluding carboxylic acids is 1. The Morgan fingerprint density at radius 2 is 1.97 bits per heavy atom. The van der Waals surface area contributed by atoms with Gasteiger partial charge in [0.1, 0.15) is 0 Å². The molecule has 0 heterocycles. The van der Waals surface area contributed by atoms with Gasteiger partial charge in [0.25, 0.3) is 0 Å². The zero-order valence-electron chi connectivity index (χ0n) is 19.4. The first-order valence-electron chi connectivity index (χ1n) is 10.9. The molecule has 1 aliphatic carbocycles. The number of benzene rings is 1. The number of nitrogens with zero attached hydrogens (tertiary/aromatic N) is 2. The van der Waals surface area contributed by atoms with Crippen LogP contribution in [0.15, 0.2) is 23.2 Å². The predicted molar refractivity (Wildman–Crippen MR) is 121 cm³/mol. The van der Waals surface area contributed by atoms with Gasteiger partial charge in [-0.05, 0) is 59.4 Å². The standard InChI is InChI=1S/C23H38N4O3/c1-7-24-22(27(5)16-20(28)26-23(2,3)4)25-15-17-11-10-14-19(29-6)21(17)30-18-12-8-9-13-18/h10-11,14,18H,7-9,12-13,15-16H2,1-6H3,(H,24,25)(H,26,28). The first kappa shape index (κ1) is 23.8. The van der Waals surface area contributed by atoms with Crippen molar-refractivity contribution in [1.29, 1.82) is 0 Å². The third-order valence-electron chi connectivity index (χ3n) is 4.86. The van der Waals surface area contributed by atoms with E-state index in [1.165, 1.54) is 12.8 Å². The van der Waals surface area contributed by atoms with Gasteiger partial charge < -0.3 is 25.0 Å². The van der Waals surface area contributed by atoms with Crippen LogP contribution in [-0.2, 0) is 11.3 Å². The van der Waals surface area contributed by atoms with Crippen molar-refractivity contribution in [3.63, 3.8) is 0 Å². The Morgan fingerprint density at radius 3 is 2.57 bits per heavy atom. The third-order valence-corrected chi connectivity index (χ3v) is 4.86. The number of amides is 1. The maximum atomic E-state index is 12.3. The monoisotopic (exact) mass is 418 g/mol. The minimum Gasteiger partial charge on any atom is -0.493 e. The van der Waals surface area contributed by atoms with E-state index >= 15 is 0 Å². The SMILES string of the molecule is CCNC(=NCc1cccc(OC)c1OC1CCCC1)N(C)CC(=O)NC(C)(C)C. The van der Waals surface area contributed by atoms with Crippen LogP contribution in [-0.4, -0.2) is 55.7 Å². The molecular weight excluding hydrogens is 380 g/mol. The van der Waals surface area contributed by atoms with Gasteiger partial charge in [-0.3, -0.25) is 4.79 Å². The molecule has 30 heavy (non-hydrogen) atoms. The summed E-state index contributed by atoms with van der Waals surface area (Å²) < 4.78 is 11.9. The number of para-hydroxylation sites is 1. The molecule has 0 unspecified atom stereocenters. The number of aliphatic imine (C=N–C) groups is 1. The van der Waals surface area contributed by atoms with Crippen molar-refractivity contribution >= 4 is 11.9 Å². The second-order valence-corrected chi connectivity index (χ2v) is 8.80. The zero-order valence-corrected chi connectivity index (χ0v) is 19.4. The Hall–Kier alpha value is -2.44. The van der Waals surface area contributed by atoms with E-state index in [2.05, 4.69) is 10.6 Å². The topological polar surface area (TPSA) is 75.2 Å².